The number of hydrogen-bond donors (Lipinski definition) is 1. The molecule has 0 saturated carbocycles. The van der Waals surface area contributed by atoms with Gasteiger partial charge in [0.15, 0.2) is 5.78 Å². The summed E-state index contributed by atoms with van der Waals surface area (Å²) in [5, 5.41) is 1.97. The first-order valence-corrected chi connectivity index (χ1v) is 3.39. The fraction of sp³-hybridized carbons (Fsp3) is 0.857. The summed E-state index contributed by atoms with van der Waals surface area (Å²) in [6.07, 6.45) is 0. The Balaban J connectivity index is 3.83. The van der Waals surface area contributed by atoms with Gasteiger partial charge in [0.1, 0.15) is 6.04 Å². The molecule has 0 radical (unpaired) electrons. The minimum atomic E-state index is 0.157. The number of rotatable bonds is 3. The van der Waals surface area contributed by atoms with Crippen molar-refractivity contribution in [3.63, 3.8) is 0 Å². The van der Waals surface area contributed by atoms with Crippen molar-refractivity contribution in [3.8, 4) is 0 Å². The van der Waals surface area contributed by atoms with E-state index in [0.29, 0.717) is 5.92 Å². The van der Waals surface area contributed by atoms with Crippen LogP contribution < -0.4 is 5.32 Å². The first kappa shape index (κ1) is 8.63. The summed E-state index contributed by atoms with van der Waals surface area (Å²) in [7, 11) is 1.94. The van der Waals surface area contributed by atoms with Gasteiger partial charge < -0.3 is 5.32 Å². The maximum Gasteiger partial charge on any atom is 0.186 e. The molecule has 0 heterocycles. The third kappa shape index (κ3) is 2.61. The average Bonchev–Trinajstić information content (AvgIpc) is 1.64. The Morgan fingerprint density at radius 2 is 1.89 bits per heavy atom. The van der Waals surface area contributed by atoms with Crippen molar-refractivity contribution >= 4 is 5.78 Å². The molecule has 0 amide bonds. The third-order valence-electron chi connectivity index (χ3n) is 1.55. The van der Waals surface area contributed by atoms with Crippen LogP contribution in [0.1, 0.15) is 20.8 Å². The second-order valence-corrected chi connectivity index (χ2v) is 2.71. The first-order valence-electron chi connectivity index (χ1n) is 3.39. The monoisotopic (exact) mass is 130 g/mol. The van der Waals surface area contributed by atoms with Gasteiger partial charge in [-0.3, -0.25) is 4.79 Å². The van der Waals surface area contributed by atoms with E-state index in [4.69, 9.17) is 0 Å². The molecule has 0 bridgehead atoms. The highest BCUT2D eigenvalue weighted by Crippen LogP contribution is 1.96. The van der Waals surface area contributed by atoms with E-state index < -0.39 is 0 Å². The molecule has 0 spiro atoms. The number of ketones is 1. The van der Waals surface area contributed by atoms with E-state index in [1.165, 1.54) is 0 Å². The van der Waals surface area contributed by atoms with Crippen LogP contribution in [0.4, 0.5) is 0 Å². The molecule has 1 atom stereocenters. The van der Waals surface area contributed by atoms with Crippen LogP contribution in [-0.2, 0) is 4.79 Å². The SMILES string of the molecule is C[NH2+][C@H](C(C)=O)C(C)C. The zero-order valence-corrected chi connectivity index (χ0v) is 6.64. The van der Waals surface area contributed by atoms with Crippen LogP contribution in [0.15, 0.2) is 0 Å². The van der Waals surface area contributed by atoms with Crippen LogP contribution in [0.2, 0.25) is 0 Å². The maximum atomic E-state index is 10.8. The molecule has 0 aliphatic carbocycles. The van der Waals surface area contributed by atoms with Gasteiger partial charge in [0.05, 0.1) is 7.05 Å². The molecule has 2 N–H and O–H groups in total. The van der Waals surface area contributed by atoms with Crippen molar-refractivity contribution in [2.45, 2.75) is 26.8 Å². The Bertz CT molecular complexity index is 99.1. The molecule has 0 aromatic carbocycles. The van der Waals surface area contributed by atoms with E-state index >= 15 is 0 Å². The molecule has 0 fully saturated rings. The smallest absolute Gasteiger partial charge is 0.186 e. The largest absolute Gasteiger partial charge is 0.340 e. The summed E-state index contributed by atoms with van der Waals surface area (Å²) < 4.78 is 0. The van der Waals surface area contributed by atoms with E-state index in [1.54, 1.807) is 6.92 Å². The van der Waals surface area contributed by atoms with E-state index in [1.807, 2.05) is 12.4 Å². The second-order valence-electron chi connectivity index (χ2n) is 2.71. The lowest BCUT2D eigenvalue weighted by Gasteiger charge is -2.12. The van der Waals surface area contributed by atoms with Gasteiger partial charge in [-0.1, -0.05) is 13.8 Å². The summed E-state index contributed by atoms with van der Waals surface area (Å²) in [4.78, 5) is 10.8. The van der Waals surface area contributed by atoms with Crippen molar-refractivity contribution in [3.05, 3.63) is 0 Å². The van der Waals surface area contributed by atoms with Crippen LogP contribution >= 0.6 is 0 Å². The van der Waals surface area contributed by atoms with Crippen LogP contribution in [-0.4, -0.2) is 18.9 Å². The molecule has 2 nitrogen and oxygen atoms in total. The van der Waals surface area contributed by atoms with Crippen molar-refractivity contribution in [1.29, 1.82) is 0 Å². The van der Waals surface area contributed by atoms with Gasteiger partial charge in [0, 0.05) is 12.8 Å². The minimum absolute atomic E-state index is 0.157. The topological polar surface area (TPSA) is 33.7 Å². The van der Waals surface area contributed by atoms with E-state index in [0.717, 1.165) is 0 Å². The van der Waals surface area contributed by atoms with Gasteiger partial charge in [0.25, 0.3) is 0 Å². The number of likely N-dealkylation sites (N-methyl/N-ethyl adjacent to an activating group) is 1. The van der Waals surface area contributed by atoms with E-state index in [2.05, 4.69) is 13.8 Å². The molecule has 0 rings (SSSR count). The van der Waals surface area contributed by atoms with Crippen molar-refractivity contribution < 1.29 is 10.1 Å². The molecule has 0 aromatic rings. The number of nitrogens with two attached hydrogens (primary N) is 1. The van der Waals surface area contributed by atoms with Gasteiger partial charge in [-0.05, 0) is 0 Å². The molecule has 0 aliphatic heterocycles. The quantitative estimate of drug-likeness (QED) is 0.563. The molecule has 0 unspecified atom stereocenters. The standard InChI is InChI=1S/C7H15NO/c1-5(2)7(8-4)6(3)9/h5,7-8H,1-4H3/p+1/t7-/m0/s1. The van der Waals surface area contributed by atoms with Crippen molar-refractivity contribution in [2.24, 2.45) is 5.92 Å². The van der Waals surface area contributed by atoms with Gasteiger partial charge in [-0.2, -0.15) is 0 Å². The summed E-state index contributed by atoms with van der Waals surface area (Å²) in [5.74, 6) is 0.722. The first-order chi connectivity index (χ1) is 4.09. The Kier molecular flexibility index (Phi) is 3.47. The Labute approximate surface area is 56.6 Å². The highest BCUT2D eigenvalue weighted by molar-refractivity contribution is 5.80. The zero-order chi connectivity index (χ0) is 7.44. The fourth-order valence-electron chi connectivity index (χ4n) is 1.09. The summed E-state index contributed by atoms with van der Waals surface area (Å²) in [6, 6.07) is 0.157. The third-order valence-corrected chi connectivity index (χ3v) is 1.55. The van der Waals surface area contributed by atoms with E-state index in [9.17, 15) is 4.79 Å². The lowest BCUT2D eigenvalue weighted by molar-refractivity contribution is -0.655. The molecular formula is C7H16NO+. The van der Waals surface area contributed by atoms with Crippen LogP contribution in [0.3, 0.4) is 0 Å². The molecule has 2 heteroatoms. The molecule has 0 aromatic heterocycles. The fourth-order valence-corrected chi connectivity index (χ4v) is 1.09. The predicted molar refractivity (Wildman–Crippen MR) is 37.2 cm³/mol. The number of hydrogen-bond acceptors (Lipinski definition) is 1. The number of carbonyl (C=O) groups is 1. The highest BCUT2D eigenvalue weighted by atomic mass is 16.1. The summed E-state index contributed by atoms with van der Waals surface area (Å²) in [6.45, 7) is 5.77. The maximum absolute atomic E-state index is 10.8. The molecular weight excluding hydrogens is 114 g/mol. The molecule has 0 saturated heterocycles. The minimum Gasteiger partial charge on any atom is -0.340 e. The normalized spacial score (nSPS) is 13.9. The molecule has 9 heavy (non-hydrogen) atoms. The van der Waals surface area contributed by atoms with Crippen LogP contribution in [0, 0.1) is 5.92 Å². The Morgan fingerprint density at radius 3 is 1.89 bits per heavy atom. The van der Waals surface area contributed by atoms with Crippen LogP contribution in [0.5, 0.6) is 0 Å². The summed E-state index contributed by atoms with van der Waals surface area (Å²) >= 11 is 0. The number of quaternary nitrogens is 1. The van der Waals surface area contributed by atoms with Gasteiger partial charge in [0.2, 0.25) is 0 Å². The van der Waals surface area contributed by atoms with E-state index in [-0.39, 0.29) is 11.8 Å². The Morgan fingerprint density at radius 1 is 1.44 bits per heavy atom. The van der Waals surface area contributed by atoms with Crippen molar-refractivity contribution in [1.82, 2.24) is 0 Å². The lowest BCUT2D eigenvalue weighted by Crippen LogP contribution is -2.89. The van der Waals surface area contributed by atoms with Crippen LogP contribution in [0.25, 0.3) is 0 Å². The summed E-state index contributed by atoms with van der Waals surface area (Å²) in [5.41, 5.74) is 0. The lowest BCUT2D eigenvalue weighted by atomic mass is 10.0. The second kappa shape index (κ2) is 3.62. The van der Waals surface area contributed by atoms with Gasteiger partial charge >= 0.3 is 0 Å². The average molecular weight is 130 g/mol. The number of carbonyl (C=O) groups excluding carboxylic acids is 1. The number of Topliss-reactive ketones (excluding diaryl/α,β-unsaturated/α-hetero) is 1. The van der Waals surface area contributed by atoms with Crippen molar-refractivity contribution in [2.75, 3.05) is 7.05 Å². The Hall–Kier alpha value is -0.370. The molecule has 54 valence electrons. The molecule has 0 aliphatic rings. The van der Waals surface area contributed by atoms with Gasteiger partial charge in [-0.25, -0.2) is 0 Å². The highest BCUT2D eigenvalue weighted by Gasteiger charge is 2.18. The van der Waals surface area contributed by atoms with Gasteiger partial charge in [-0.15, -0.1) is 0 Å². The predicted octanol–water partition coefficient (Wildman–Crippen LogP) is -0.207. The zero-order valence-electron chi connectivity index (χ0n) is 6.64.